The summed E-state index contributed by atoms with van der Waals surface area (Å²) >= 11 is 0. The normalized spacial score (nSPS) is 16.9. The lowest BCUT2D eigenvalue weighted by atomic mass is 10.1. The lowest BCUT2D eigenvalue weighted by Gasteiger charge is -2.23. The summed E-state index contributed by atoms with van der Waals surface area (Å²) in [6.45, 7) is 1.71. The monoisotopic (exact) mass is 359 g/mol. The third kappa shape index (κ3) is 4.68. The molecule has 1 amide bonds. The highest BCUT2D eigenvalue weighted by molar-refractivity contribution is 5.75. The van der Waals surface area contributed by atoms with Crippen LogP contribution in [0.2, 0.25) is 0 Å². The second-order valence-electron chi connectivity index (χ2n) is 5.82. The van der Waals surface area contributed by atoms with E-state index in [1.54, 1.807) is 13.2 Å². The van der Waals surface area contributed by atoms with Gasteiger partial charge in [0, 0.05) is 18.2 Å². The van der Waals surface area contributed by atoms with Crippen LogP contribution in [0.4, 0.5) is 0 Å². The van der Waals surface area contributed by atoms with Gasteiger partial charge in [-0.15, -0.1) is 0 Å². The van der Waals surface area contributed by atoms with Gasteiger partial charge in [-0.2, -0.15) is 5.10 Å². The molecule has 0 aliphatic carbocycles. The predicted molar refractivity (Wildman–Crippen MR) is 94.1 cm³/mol. The molecule has 26 heavy (non-hydrogen) atoms. The van der Waals surface area contributed by atoms with Crippen LogP contribution in [0.25, 0.3) is 11.3 Å². The molecular weight excluding hydrogens is 338 g/mol. The van der Waals surface area contributed by atoms with Crippen LogP contribution in [0.3, 0.4) is 0 Å². The molecule has 3 rings (SSSR count). The van der Waals surface area contributed by atoms with Crippen LogP contribution in [-0.4, -0.2) is 55.3 Å². The van der Waals surface area contributed by atoms with E-state index in [9.17, 15) is 9.59 Å². The number of hydrogen-bond acceptors (Lipinski definition) is 6. The minimum absolute atomic E-state index is 0.162. The molecule has 1 aromatic heterocycles. The summed E-state index contributed by atoms with van der Waals surface area (Å²) in [5, 5.41) is 7.03. The second-order valence-corrected chi connectivity index (χ2v) is 5.82. The Kier molecular flexibility index (Phi) is 5.98. The summed E-state index contributed by atoms with van der Waals surface area (Å²) in [4.78, 5) is 24.1. The van der Waals surface area contributed by atoms with Crippen molar-refractivity contribution < 1.29 is 19.0 Å². The number of ether oxygens (including phenoxy) is 3. The Morgan fingerprint density at radius 2 is 2.23 bits per heavy atom. The Hall–Kier alpha value is -2.71. The molecule has 1 aromatic carbocycles. The van der Waals surface area contributed by atoms with Crippen molar-refractivity contribution in [2.24, 2.45) is 0 Å². The highest BCUT2D eigenvalue weighted by atomic mass is 16.6. The Morgan fingerprint density at radius 1 is 1.35 bits per heavy atom. The number of methoxy groups -OCH3 is 1. The first kappa shape index (κ1) is 18.1. The average molecular weight is 359 g/mol. The lowest BCUT2D eigenvalue weighted by molar-refractivity contribution is -0.124. The molecule has 0 saturated carbocycles. The molecule has 1 N–H and O–H groups in total. The summed E-state index contributed by atoms with van der Waals surface area (Å²) in [7, 11) is 1.58. The quantitative estimate of drug-likeness (QED) is 0.805. The fourth-order valence-electron chi connectivity index (χ4n) is 2.57. The SMILES string of the molecule is COc1cccc(-c2ccc(=O)n(CC(=O)NCC3COCCO3)n2)c1. The van der Waals surface area contributed by atoms with Gasteiger partial charge in [0.05, 0.1) is 38.7 Å². The van der Waals surface area contributed by atoms with Gasteiger partial charge in [-0.25, -0.2) is 4.68 Å². The number of nitrogens with one attached hydrogen (secondary N) is 1. The van der Waals surface area contributed by atoms with Crippen molar-refractivity contribution >= 4 is 5.91 Å². The minimum Gasteiger partial charge on any atom is -0.497 e. The standard InChI is InChI=1S/C18H21N3O5/c1-24-14-4-2-3-13(9-14)16-5-6-18(23)21(20-16)11-17(22)19-10-15-12-25-7-8-26-15/h2-6,9,15H,7-8,10-12H2,1H3,(H,19,22). The summed E-state index contributed by atoms with van der Waals surface area (Å²) in [6, 6.07) is 10.4. The zero-order valence-electron chi connectivity index (χ0n) is 14.5. The van der Waals surface area contributed by atoms with Gasteiger partial charge in [0.1, 0.15) is 12.3 Å². The van der Waals surface area contributed by atoms with Crippen LogP contribution in [0, 0.1) is 0 Å². The van der Waals surface area contributed by atoms with Crippen LogP contribution >= 0.6 is 0 Å². The van der Waals surface area contributed by atoms with Crippen molar-refractivity contribution in [2.75, 3.05) is 33.5 Å². The van der Waals surface area contributed by atoms with Gasteiger partial charge in [-0.05, 0) is 18.2 Å². The molecule has 1 saturated heterocycles. The largest absolute Gasteiger partial charge is 0.497 e. The minimum atomic E-state index is -0.343. The number of benzene rings is 1. The van der Waals surface area contributed by atoms with Crippen molar-refractivity contribution in [3.05, 3.63) is 46.8 Å². The van der Waals surface area contributed by atoms with Gasteiger partial charge in [0.2, 0.25) is 5.91 Å². The molecule has 8 heteroatoms. The van der Waals surface area contributed by atoms with Crippen LogP contribution in [-0.2, 0) is 20.8 Å². The number of carbonyl (C=O) groups is 1. The molecule has 138 valence electrons. The molecule has 0 spiro atoms. The summed E-state index contributed by atoms with van der Waals surface area (Å²) in [5.74, 6) is 0.381. The molecule has 1 aliphatic heterocycles. The fraction of sp³-hybridized carbons (Fsp3) is 0.389. The van der Waals surface area contributed by atoms with Crippen LogP contribution in [0.5, 0.6) is 5.75 Å². The molecule has 1 aliphatic rings. The third-order valence-electron chi connectivity index (χ3n) is 3.94. The van der Waals surface area contributed by atoms with Crippen LogP contribution in [0.1, 0.15) is 0 Å². The van der Waals surface area contributed by atoms with E-state index in [2.05, 4.69) is 10.4 Å². The summed E-state index contributed by atoms with van der Waals surface area (Å²) in [6.07, 6.45) is -0.166. The van der Waals surface area contributed by atoms with Gasteiger partial charge in [0.25, 0.3) is 5.56 Å². The maximum absolute atomic E-state index is 12.1. The number of nitrogens with zero attached hydrogens (tertiary/aromatic N) is 2. The van der Waals surface area contributed by atoms with Gasteiger partial charge in [0.15, 0.2) is 0 Å². The maximum Gasteiger partial charge on any atom is 0.267 e. The first-order valence-corrected chi connectivity index (χ1v) is 8.34. The van der Waals surface area contributed by atoms with E-state index < -0.39 is 0 Å². The molecule has 2 aromatic rings. The van der Waals surface area contributed by atoms with Crippen molar-refractivity contribution in [1.29, 1.82) is 0 Å². The zero-order valence-corrected chi connectivity index (χ0v) is 14.5. The first-order chi connectivity index (χ1) is 12.7. The number of aromatic nitrogens is 2. The molecule has 2 heterocycles. The third-order valence-corrected chi connectivity index (χ3v) is 3.94. The molecule has 1 unspecified atom stereocenters. The zero-order chi connectivity index (χ0) is 18.4. The first-order valence-electron chi connectivity index (χ1n) is 8.34. The van der Waals surface area contributed by atoms with E-state index in [0.717, 1.165) is 10.2 Å². The van der Waals surface area contributed by atoms with E-state index in [4.69, 9.17) is 14.2 Å². The molecule has 8 nitrogen and oxygen atoms in total. The molecular formula is C18H21N3O5. The van der Waals surface area contributed by atoms with E-state index in [-0.39, 0.29) is 24.1 Å². The second kappa shape index (κ2) is 8.59. The Bertz CT molecular complexity index is 814. The summed E-state index contributed by atoms with van der Waals surface area (Å²) < 4.78 is 17.1. The smallest absolute Gasteiger partial charge is 0.267 e. The molecule has 0 bridgehead atoms. The Morgan fingerprint density at radius 3 is 3.00 bits per heavy atom. The predicted octanol–water partition coefficient (Wildman–Crippen LogP) is 0.451. The van der Waals surface area contributed by atoms with E-state index in [1.165, 1.54) is 6.07 Å². The van der Waals surface area contributed by atoms with Crippen LogP contribution < -0.4 is 15.6 Å². The van der Waals surface area contributed by atoms with Crippen molar-refractivity contribution in [3.63, 3.8) is 0 Å². The van der Waals surface area contributed by atoms with Crippen LogP contribution in [0.15, 0.2) is 41.2 Å². The average Bonchev–Trinajstić information content (AvgIpc) is 2.69. The Balaban J connectivity index is 1.67. The topological polar surface area (TPSA) is 91.7 Å². The van der Waals surface area contributed by atoms with Gasteiger partial charge >= 0.3 is 0 Å². The van der Waals surface area contributed by atoms with Crippen molar-refractivity contribution in [3.8, 4) is 17.0 Å². The van der Waals surface area contributed by atoms with Gasteiger partial charge in [-0.3, -0.25) is 9.59 Å². The van der Waals surface area contributed by atoms with Gasteiger partial charge < -0.3 is 19.5 Å². The van der Waals surface area contributed by atoms with E-state index in [0.29, 0.717) is 37.8 Å². The van der Waals surface area contributed by atoms with Crippen molar-refractivity contribution in [2.45, 2.75) is 12.6 Å². The molecule has 0 radical (unpaired) electrons. The number of amides is 1. The van der Waals surface area contributed by atoms with E-state index >= 15 is 0 Å². The highest BCUT2D eigenvalue weighted by Gasteiger charge is 2.16. The van der Waals surface area contributed by atoms with Gasteiger partial charge in [-0.1, -0.05) is 12.1 Å². The number of rotatable bonds is 6. The number of carbonyl (C=O) groups excluding carboxylic acids is 1. The molecule has 1 fully saturated rings. The maximum atomic E-state index is 12.1. The fourth-order valence-corrected chi connectivity index (χ4v) is 2.57. The summed E-state index contributed by atoms with van der Waals surface area (Å²) in [5.41, 5.74) is 1.04. The Labute approximate surface area is 150 Å². The number of hydrogen-bond donors (Lipinski definition) is 1. The lowest BCUT2D eigenvalue weighted by Crippen LogP contribution is -2.41. The molecule has 1 atom stereocenters. The van der Waals surface area contributed by atoms with Crippen molar-refractivity contribution in [1.82, 2.24) is 15.1 Å². The van der Waals surface area contributed by atoms with E-state index in [1.807, 2.05) is 24.3 Å². The highest BCUT2D eigenvalue weighted by Crippen LogP contribution is 2.21.